The van der Waals surface area contributed by atoms with Crippen LogP contribution in [0.4, 0.5) is 0 Å². The minimum Gasteiger partial charge on any atom is -0.345 e. The second kappa shape index (κ2) is 4.72. The fourth-order valence-electron chi connectivity index (χ4n) is 2.02. The largest absolute Gasteiger partial charge is 0.345 e. The third kappa shape index (κ3) is 2.39. The Morgan fingerprint density at radius 3 is 2.65 bits per heavy atom. The van der Waals surface area contributed by atoms with Crippen LogP contribution >= 0.6 is 0 Å². The third-order valence-electron chi connectivity index (χ3n) is 3.30. The Morgan fingerprint density at radius 2 is 2.00 bits per heavy atom. The second-order valence-corrected chi connectivity index (χ2v) is 4.50. The number of aromatic amines is 1. The molecule has 0 amide bonds. The lowest BCUT2D eigenvalue weighted by Gasteiger charge is -2.07. The van der Waals surface area contributed by atoms with Crippen LogP contribution in [-0.2, 0) is 13.0 Å². The molecule has 1 heterocycles. The van der Waals surface area contributed by atoms with Gasteiger partial charge in [0.05, 0.1) is 12.2 Å². The number of nitrogens with two attached hydrogens (primary N) is 1. The van der Waals surface area contributed by atoms with E-state index in [9.17, 15) is 0 Å². The van der Waals surface area contributed by atoms with Gasteiger partial charge in [0.1, 0.15) is 5.82 Å². The Hall–Kier alpha value is -1.61. The molecule has 0 aliphatic heterocycles. The molecule has 0 radical (unpaired) electrons. The Labute approximate surface area is 102 Å². The van der Waals surface area contributed by atoms with E-state index in [0.717, 1.165) is 23.6 Å². The molecule has 3 nitrogen and oxygen atoms in total. The highest BCUT2D eigenvalue weighted by atomic mass is 14.9. The lowest BCUT2D eigenvalue weighted by Crippen LogP contribution is -1.99. The van der Waals surface area contributed by atoms with E-state index < -0.39 is 0 Å². The summed E-state index contributed by atoms with van der Waals surface area (Å²) >= 11 is 0. The smallest absolute Gasteiger partial charge is 0.120 e. The van der Waals surface area contributed by atoms with E-state index in [1.165, 1.54) is 16.7 Å². The van der Waals surface area contributed by atoms with Crippen molar-refractivity contribution in [2.75, 3.05) is 0 Å². The Bertz CT molecular complexity index is 526. The van der Waals surface area contributed by atoms with Crippen molar-refractivity contribution in [1.82, 2.24) is 9.97 Å². The van der Waals surface area contributed by atoms with E-state index >= 15 is 0 Å². The van der Waals surface area contributed by atoms with Crippen LogP contribution in [0.15, 0.2) is 18.2 Å². The summed E-state index contributed by atoms with van der Waals surface area (Å²) in [6.07, 6.45) is 0.871. The first-order valence-corrected chi connectivity index (χ1v) is 5.91. The standard InChI is InChI=1S/C14H19N3/c1-9-5-4-6-12(10(9)2)7-13-11(3)16-14(8-15)17-13/h4-6H,7-8,15H2,1-3H3,(H,16,17). The van der Waals surface area contributed by atoms with E-state index in [1.807, 2.05) is 6.92 Å². The fourth-order valence-corrected chi connectivity index (χ4v) is 2.02. The summed E-state index contributed by atoms with van der Waals surface area (Å²) in [7, 11) is 0. The van der Waals surface area contributed by atoms with Crippen LogP contribution in [0.5, 0.6) is 0 Å². The van der Waals surface area contributed by atoms with Gasteiger partial charge in [-0.25, -0.2) is 4.98 Å². The lowest BCUT2D eigenvalue weighted by molar-refractivity contribution is 0.934. The van der Waals surface area contributed by atoms with Gasteiger partial charge in [-0.3, -0.25) is 0 Å². The number of rotatable bonds is 3. The van der Waals surface area contributed by atoms with Crippen LogP contribution in [0.1, 0.15) is 33.9 Å². The average molecular weight is 229 g/mol. The molecule has 2 aromatic rings. The van der Waals surface area contributed by atoms with Gasteiger partial charge in [0.25, 0.3) is 0 Å². The van der Waals surface area contributed by atoms with Crippen molar-refractivity contribution < 1.29 is 0 Å². The van der Waals surface area contributed by atoms with Crippen LogP contribution in [0, 0.1) is 20.8 Å². The van der Waals surface area contributed by atoms with E-state index in [1.54, 1.807) is 0 Å². The minimum absolute atomic E-state index is 0.466. The van der Waals surface area contributed by atoms with Crippen molar-refractivity contribution in [3.63, 3.8) is 0 Å². The van der Waals surface area contributed by atoms with E-state index in [2.05, 4.69) is 42.0 Å². The van der Waals surface area contributed by atoms with Crippen molar-refractivity contribution >= 4 is 0 Å². The molecule has 0 bridgehead atoms. The summed E-state index contributed by atoms with van der Waals surface area (Å²) in [5.74, 6) is 0.864. The molecule has 17 heavy (non-hydrogen) atoms. The summed E-state index contributed by atoms with van der Waals surface area (Å²) in [5.41, 5.74) is 11.8. The van der Waals surface area contributed by atoms with Gasteiger partial charge in [-0.1, -0.05) is 18.2 Å². The van der Waals surface area contributed by atoms with Gasteiger partial charge >= 0.3 is 0 Å². The molecule has 0 saturated heterocycles. The van der Waals surface area contributed by atoms with Crippen molar-refractivity contribution in [2.45, 2.75) is 33.7 Å². The molecule has 0 aliphatic carbocycles. The third-order valence-corrected chi connectivity index (χ3v) is 3.30. The van der Waals surface area contributed by atoms with Gasteiger partial charge in [0, 0.05) is 12.1 Å². The summed E-state index contributed by atoms with van der Waals surface area (Å²) in [5, 5.41) is 0. The number of nitrogens with zero attached hydrogens (tertiary/aromatic N) is 1. The van der Waals surface area contributed by atoms with E-state index in [-0.39, 0.29) is 0 Å². The van der Waals surface area contributed by atoms with Crippen molar-refractivity contribution in [2.24, 2.45) is 5.73 Å². The Morgan fingerprint density at radius 1 is 1.24 bits per heavy atom. The number of hydrogen-bond donors (Lipinski definition) is 2. The fraction of sp³-hybridized carbons (Fsp3) is 0.357. The minimum atomic E-state index is 0.466. The summed E-state index contributed by atoms with van der Waals surface area (Å²) in [6.45, 7) is 6.82. The molecule has 2 rings (SSSR count). The number of hydrogen-bond acceptors (Lipinski definition) is 2. The molecule has 0 saturated carbocycles. The number of aromatic nitrogens is 2. The SMILES string of the molecule is Cc1cccc(Cc2nc(CN)[nH]c2C)c1C. The van der Waals surface area contributed by atoms with Gasteiger partial charge in [0.2, 0.25) is 0 Å². The zero-order valence-corrected chi connectivity index (χ0v) is 10.7. The molecule has 0 aliphatic rings. The van der Waals surface area contributed by atoms with Crippen LogP contribution in [-0.4, -0.2) is 9.97 Å². The molecule has 1 aromatic heterocycles. The van der Waals surface area contributed by atoms with Gasteiger partial charge in [-0.05, 0) is 37.5 Å². The van der Waals surface area contributed by atoms with E-state index in [0.29, 0.717) is 6.54 Å². The molecule has 90 valence electrons. The van der Waals surface area contributed by atoms with Gasteiger partial charge in [-0.2, -0.15) is 0 Å². The quantitative estimate of drug-likeness (QED) is 0.849. The molecule has 0 spiro atoms. The highest BCUT2D eigenvalue weighted by molar-refractivity contribution is 5.36. The average Bonchev–Trinajstić information content (AvgIpc) is 2.66. The highest BCUT2D eigenvalue weighted by Gasteiger charge is 2.08. The zero-order chi connectivity index (χ0) is 12.4. The van der Waals surface area contributed by atoms with Crippen LogP contribution in [0.25, 0.3) is 0 Å². The normalized spacial score (nSPS) is 10.8. The van der Waals surface area contributed by atoms with Gasteiger partial charge < -0.3 is 10.7 Å². The number of benzene rings is 1. The first-order valence-electron chi connectivity index (χ1n) is 5.91. The Balaban J connectivity index is 2.31. The van der Waals surface area contributed by atoms with Crippen molar-refractivity contribution in [3.05, 3.63) is 52.1 Å². The molecular formula is C14H19N3. The predicted octanol–water partition coefficient (Wildman–Crippen LogP) is 2.38. The lowest BCUT2D eigenvalue weighted by atomic mass is 9.99. The first kappa shape index (κ1) is 11.9. The first-order chi connectivity index (χ1) is 8.11. The summed E-state index contributed by atoms with van der Waals surface area (Å²) in [6, 6.07) is 6.41. The monoisotopic (exact) mass is 229 g/mol. The molecule has 0 fully saturated rings. The number of H-pyrrole nitrogens is 1. The topological polar surface area (TPSA) is 54.7 Å². The highest BCUT2D eigenvalue weighted by Crippen LogP contribution is 2.17. The number of aryl methyl sites for hydroxylation is 2. The zero-order valence-electron chi connectivity index (χ0n) is 10.7. The van der Waals surface area contributed by atoms with Crippen molar-refractivity contribution in [3.8, 4) is 0 Å². The van der Waals surface area contributed by atoms with Crippen LogP contribution in [0.2, 0.25) is 0 Å². The van der Waals surface area contributed by atoms with Crippen molar-refractivity contribution in [1.29, 1.82) is 0 Å². The molecule has 3 heteroatoms. The maximum absolute atomic E-state index is 5.59. The molecule has 0 unspecified atom stereocenters. The second-order valence-electron chi connectivity index (χ2n) is 4.50. The summed E-state index contributed by atoms with van der Waals surface area (Å²) in [4.78, 5) is 7.73. The number of nitrogens with one attached hydrogen (secondary N) is 1. The molecular weight excluding hydrogens is 210 g/mol. The maximum atomic E-state index is 5.59. The summed E-state index contributed by atoms with van der Waals surface area (Å²) < 4.78 is 0. The Kier molecular flexibility index (Phi) is 3.29. The predicted molar refractivity (Wildman–Crippen MR) is 69.9 cm³/mol. The molecule has 3 N–H and O–H groups in total. The van der Waals surface area contributed by atoms with Crippen LogP contribution in [0.3, 0.4) is 0 Å². The molecule has 0 atom stereocenters. The molecule has 1 aromatic carbocycles. The van der Waals surface area contributed by atoms with Gasteiger partial charge in [0.15, 0.2) is 0 Å². The van der Waals surface area contributed by atoms with Crippen LogP contribution < -0.4 is 5.73 Å². The maximum Gasteiger partial charge on any atom is 0.120 e. The van der Waals surface area contributed by atoms with Gasteiger partial charge in [-0.15, -0.1) is 0 Å². The number of imidazole rings is 1. The van der Waals surface area contributed by atoms with E-state index in [4.69, 9.17) is 5.73 Å².